The molecule has 1 N–H and O–H groups in total. The van der Waals surface area contributed by atoms with Gasteiger partial charge in [-0.1, -0.05) is 55.5 Å². The molecular formula is C29H34N2O4. The number of para-hydroxylation sites is 1. The fraction of sp³-hybridized carbons (Fsp3) is 0.414. The van der Waals surface area contributed by atoms with Crippen LogP contribution in [0.25, 0.3) is 11.0 Å². The Kier molecular flexibility index (Phi) is 8.45. The Bertz CT molecular complexity index is 1120. The van der Waals surface area contributed by atoms with Crippen LogP contribution in [-0.2, 0) is 29.0 Å². The molecule has 2 heterocycles. The molecule has 2 atom stereocenters. The van der Waals surface area contributed by atoms with Crippen molar-refractivity contribution in [2.24, 2.45) is 5.92 Å². The lowest BCUT2D eigenvalue weighted by Gasteiger charge is -2.28. The zero-order valence-electron chi connectivity index (χ0n) is 20.4. The molecule has 6 nitrogen and oxygen atoms in total. The minimum absolute atomic E-state index is 0.104. The highest BCUT2D eigenvalue weighted by Crippen LogP contribution is 2.31. The molecule has 2 amide bonds. The number of furan rings is 1. The number of nitrogens with zero attached hydrogens (tertiary/aromatic N) is 1. The first-order chi connectivity index (χ1) is 17.1. The van der Waals surface area contributed by atoms with Crippen LogP contribution in [0, 0.1) is 12.8 Å². The standard InChI is InChI=1S/C29H34N2O4/c1-3-26-25(24-15-7-8-16-27(24)35-26)19-23-14-10-18-31(23)28(32)21(2)11-9-17-30-29(33)34-20-22-12-5-4-6-13-22/h1,4-8,12-13,15-16,21,23H,3,9-11,14,17-20H2,2H3,(H,30,33)/t21-,23-/m0/s1. The predicted octanol–water partition coefficient (Wildman–Crippen LogP) is 5.56. The Morgan fingerprint density at radius 3 is 2.74 bits per heavy atom. The highest BCUT2D eigenvalue weighted by atomic mass is 16.5. The average molecular weight is 475 g/mol. The van der Waals surface area contributed by atoms with Gasteiger partial charge in [-0.25, -0.2) is 4.79 Å². The van der Waals surface area contributed by atoms with Crippen LogP contribution in [0.1, 0.15) is 49.5 Å². The van der Waals surface area contributed by atoms with Gasteiger partial charge in [-0.3, -0.25) is 4.79 Å². The summed E-state index contributed by atoms with van der Waals surface area (Å²) in [6, 6.07) is 17.7. The summed E-state index contributed by atoms with van der Waals surface area (Å²) < 4.78 is 11.2. The van der Waals surface area contributed by atoms with E-state index in [2.05, 4.69) is 11.4 Å². The van der Waals surface area contributed by atoms with E-state index in [-0.39, 0.29) is 24.5 Å². The normalized spacial score (nSPS) is 16.4. The van der Waals surface area contributed by atoms with Crippen molar-refractivity contribution < 1.29 is 18.7 Å². The van der Waals surface area contributed by atoms with E-state index in [0.717, 1.165) is 60.1 Å². The van der Waals surface area contributed by atoms with E-state index in [1.807, 2.05) is 60.4 Å². The third-order valence-electron chi connectivity index (χ3n) is 6.78. The van der Waals surface area contributed by atoms with Crippen LogP contribution in [0.2, 0.25) is 0 Å². The van der Waals surface area contributed by atoms with Crippen LogP contribution in [-0.4, -0.2) is 36.0 Å². The van der Waals surface area contributed by atoms with Crippen molar-refractivity contribution in [1.29, 1.82) is 0 Å². The third kappa shape index (κ3) is 6.24. The lowest BCUT2D eigenvalue weighted by atomic mass is 9.98. The second kappa shape index (κ2) is 11.9. The Hall–Kier alpha value is -3.28. The molecule has 1 fully saturated rings. The average Bonchev–Trinajstić information content (AvgIpc) is 3.50. The highest BCUT2D eigenvalue weighted by Gasteiger charge is 2.32. The van der Waals surface area contributed by atoms with Crippen LogP contribution in [0.5, 0.6) is 0 Å². The minimum atomic E-state index is -0.435. The molecule has 2 radical (unpaired) electrons. The van der Waals surface area contributed by atoms with Gasteiger partial charge in [-0.2, -0.15) is 0 Å². The van der Waals surface area contributed by atoms with Gasteiger partial charge in [-0.15, -0.1) is 0 Å². The summed E-state index contributed by atoms with van der Waals surface area (Å²) in [5, 5.41) is 3.87. The van der Waals surface area contributed by atoms with Gasteiger partial charge >= 0.3 is 6.09 Å². The minimum Gasteiger partial charge on any atom is -0.461 e. The number of rotatable bonds is 10. The maximum Gasteiger partial charge on any atom is 0.407 e. The lowest BCUT2D eigenvalue weighted by Crippen LogP contribution is -2.40. The number of hydrogen-bond donors (Lipinski definition) is 1. The van der Waals surface area contributed by atoms with Gasteiger partial charge in [0.1, 0.15) is 18.0 Å². The number of amides is 2. The summed E-state index contributed by atoms with van der Waals surface area (Å²) >= 11 is 0. The van der Waals surface area contributed by atoms with E-state index < -0.39 is 6.09 Å². The van der Waals surface area contributed by atoms with E-state index in [9.17, 15) is 9.59 Å². The molecule has 0 bridgehead atoms. The summed E-state index contributed by atoms with van der Waals surface area (Å²) in [7, 11) is 0. The molecule has 3 aromatic rings. The van der Waals surface area contributed by atoms with E-state index in [0.29, 0.717) is 19.4 Å². The fourth-order valence-electron chi connectivity index (χ4n) is 4.89. The van der Waals surface area contributed by atoms with E-state index in [1.165, 1.54) is 0 Å². The Morgan fingerprint density at radius 1 is 1.17 bits per heavy atom. The number of benzene rings is 2. The summed E-state index contributed by atoms with van der Waals surface area (Å²) in [5.41, 5.74) is 2.92. The van der Waals surface area contributed by atoms with Gasteiger partial charge in [0.15, 0.2) is 0 Å². The second-order valence-corrected chi connectivity index (χ2v) is 9.27. The Balaban J connectivity index is 1.24. The molecule has 0 spiro atoms. The topological polar surface area (TPSA) is 71.8 Å². The van der Waals surface area contributed by atoms with Gasteiger partial charge < -0.3 is 19.4 Å². The molecule has 184 valence electrons. The molecule has 1 aromatic heterocycles. The van der Waals surface area contributed by atoms with Crippen LogP contribution < -0.4 is 5.32 Å². The van der Waals surface area contributed by atoms with Gasteiger partial charge in [0, 0.05) is 42.4 Å². The number of fused-ring (bicyclic) bond motifs is 1. The van der Waals surface area contributed by atoms with E-state index in [4.69, 9.17) is 16.1 Å². The van der Waals surface area contributed by atoms with Crippen LogP contribution >= 0.6 is 0 Å². The first-order valence-electron chi connectivity index (χ1n) is 12.5. The monoisotopic (exact) mass is 474 g/mol. The smallest absolute Gasteiger partial charge is 0.407 e. The fourth-order valence-corrected chi connectivity index (χ4v) is 4.89. The SMILES string of the molecule is [CH]Cc1oc2ccccc2c1C[C@@H]1CCCN1C(=O)[C@@H](C)CCCNC(=O)OCc1ccccc1. The summed E-state index contributed by atoms with van der Waals surface area (Å²) in [6.45, 7) is 9.44. The molecule has 0 aliphatic carbocycles. The molecule has 1 aliphatic heterocycles. The molecule has 0 unspecified atom stereocenters. The predicted molar refractivity (Wildman–Crippen MR) is 136 cm³/mol. The van der Waals surface area contributed by atoms with Crippen molar-refractivity contribution in [3.63, 3.8) is 0 Å². The van der Waals surface area contributed by atoms with Crippen molar-refractivity contribution in [2.45, 2.75) is 58.1 Å². The molecule has 6 heteroatoms. The molecular weight excluding hydrogens is 440 g/mol. The van der Waals surface area contributed by atoms with Crippen LogP contribution in [0.4, 0.5) is 4.79 Å². The molecule has 1 saturated heterocycles. The van der Waals surface area contributed by atoms with Crippen molar-refractivity contribution in [3.05, 3.63) is 78.4 Å². The number of carbonyl (C=O) groups is 2. The van der Waals surface area contributed by atoms with Gasteiger partial charge in [-0.05, 0) is 50.7 Å². The van der Waals surface area contributed by atoms with Gasteiger partial charge in [0.05, 0.1) is 0 Å². The maximum atomic E-state index is 13.3. The first kappa shape index (κ1) is 24.8. The maximum absolute atomic E-state index is 13.3. The number of ether oxygens (including phenoxy) is 1. The quantitative estimate of drug-likeness (QED) is 0.390. The second-order valence-electron chi connectivity index (χ2n) is 9.27. The first-order valence-corrected chi connectivity index (χ1v) is 12.5. The summed E-state index contributed by atoms with van der Waals surface area (Å²) in [5.74, 6) is 0.887. The molecule has 1 aliphatic rings. The van der Waals surface area contributed by atoms with Crippen molar-refractivity contribution in [2.75, 3.05) is 13.1 Å². The van der Waals surface area contributed by atoms with Crippen LogP contribution in [0.3, 0.4) is 0 Å². The van der Waals surface area contributed by atoms with Gasteiger partial charge in [0.25, 0.3) is 0 Å². The number of alkyl carbamates (subject to hydrolysis) is 1. The molecule has 35 heavy (non-hydrogen) atoms. The highest BCUT2D eigenvalue weighted by molar-refractivity contribution is 5.83. The number of nitrogens with one attached hydrogen (secondary N) is 1. The van der Waals surface area contributed by atoms with Crippen LogP contribution in [0.15, 0.2) is 59.0 Å². The molecule has 2 aromatic carbocycles. The van der Waals surface area contributed by atoms with Gasteiger partial charge in [0.2, 0.25) is 5.91 Å². The molecule has 0 saturated carbocycles. The zero-order chi connectivity index (χ0) is 24.6. The zero-order valence-corrected chi connectivity index (χ0v) is 20.4. The Morgan fingerprint density at radius 2 is 1.94 bits per heavy atom. The van der Waals surface area contributed by atoms with Crippen molar-refractivity contribution in [3.8, 4) is 0 Å². The summed E-state index contributed by atoms with van der Waals surface area (Å²) in [4.78, 5) is 27.2. The number of likely N-dealkylation sites (tertiary alicyclic amines) is 1. The van der Waals surface area contributed by atoms with E-state index >= 15 is 0 Å². The van der Waals surface area contributed by atoms with E-state index in [1.54, 1.807) is 0 Å². The third-order valence-corrected chi connectivity index (χ3v) is 6.78. The lowest BCUT2D eigenvalue weighted by molar-refractivity contribution is -0.136. The Labute approximate surface area is 207 Å². The van der Waals surface area contributed by atoms with Crippen molar-refractivity contribution in [1.82, 2.24) is 10.2 Å². The van der Waals surface area contributed by atoms with Crippen molar-refractivity contribution >= 4 is 23.0 Å². The number of hydrogen-bond acceptors (Lipinski definition) is 4. The number of carbonyl (C=O) groups excluding carboxylic acids is 2. The largest absolute Gasteiger partial charge is 0.461 e. The molecule has 4 rings (SSSR count). The summed E-state index contributed by atoms with van der Waals surface area (Å²) in [6.07, 6.45) is 4.09.